The Labute approximate surface area is 127 Å². The number of rotatable bonds is 6. The molecular weight excluding hydrogens is 268 g/mol. The minimum Gasteiger partial charge on any atom is -0.444 e. The lowest BCUT2D eigenvalue weighted by molar-refractivity contribution is 0.0508. The van der Waals surface area contributed by atoms with Gasteiger partial charge in [-0.05, 0) is 41.5 Å². The van der Waals surface area contributed by atoms with E-state index in [2.05, 4.69) is 34.0 Å². The minimum atomic E-state index is -0.471. The molecule has 0 bridgehead atoms. The van der Waals surface area contributed by atoms with E-state index in [1.807, 2.05) is 40.2 Å². The molecule has 1 aromatic rings. The molecule has 1 unspecified atom stereocenters. The quantitative estimate of drug-likeness (QED) is 0.846. The molecule has 1 aromatic heterocycles. The van der Waals surface area contributed by atoms with Crippen LogP contribution in [0.5, 0.6) is 0 Å². The number of nitrogens with one attached hydrogen (secondary N) is 2. The average molecular weight is 296 g/mol. The van der Waals surface area contributed by atoms with Gasteiger partial charge in [-0.3, -0.25) is 0 Å². The molecule has 0 saturated carbocycles. The molecule has 2 N–H and O–H groups in total. The highest BCUT2D eigenvalue weighted by Crippen LogP contribution is 2.08. The van der Waals surface area contributed by atoms with Crippen molar-refractivity contribution in [3.8, 4) is 0 Å². The van der Waals surface area contributed by atoms with Crippen LogP contribution >= 0.6 is 0 Å². The van der Waals surface area contributed by atoms with E-state index in [4.69, 9.17) is 4.74 Å². The Kier molecular flexibility index (Phi) is 6.20. The lowest BCUT2D eigenvalue weighted by atomic mass is 10.2. The molecule has 0 aliphatic heterocycles. The predicted molar refractivity (Wildman–Crippen MR) is 83.2 cm³/mol. The number of hydrogen-bond acceptors (Lipinski definition) is 4. The number of amides is 1. The zero-order valence-electron chi connectivity index (χ0n) is 13.9. The van der Waals surface area contributed by atoms with Crippen molar-refractivity contribution >= 4 is 6.09 Å². The Morgan fingerprint density at radius 1 is 1.38 bits per heavy atom. The van der Waals surface area contributed by atoms with Gasteiger partial charge in [0, 0.05) is 31.4 Å². The Morgan fingerprint density at radius 3 is 2.62 bits per heavy atom. The lowest BCUT2D eigenvalue weighted by Gasteiger charge is -2.22. The largest absolute Gasteiger partial charge is 0.444 e. The molecule has 6 nitrogen and oxygen atoms in total. The van der Waals surface area contributed by atoms with Gasteiger partial charge >= 0.3 is 6.09 Å². The Balaban J connectivity index is 2.32. The maximum Gasteiger partial charge on any atom is 0.407 e. The van der Waals surface area contributed by atoms with Crippen LogP contribution < -0.4 is 10.6 Å². The topological polar surface area (TPSA) is 68.2 Å². The summed E-state index contributed by atoms with van der Waals surface area (Å²) in [6.07, 6.45) is 3.31. The highest BCUT2D eigenvalue weighted by atomic mass is 16.6. The number of carbonyl (C=O) groups is 1. The van der Waals surface area contributed by atoms with Crippen molar-refractivity contribution in [1.29, 1.82) is 0 Å². The Bertz CT molecular complexity index is 449. The van der Waals surface area contributed by atoms with Crippen LogP contribution in [0.15, 0.2) is 12.5 Å². The van der Waals surface area contributed by atoms with E-state index in [-0.39, 0.29) is 12.1 Å². The van der Waals surface area contributed by atoms with Gasteiger partial charge in [0.2, 0.25) is 0 Å². The smallest absolute Gasteiger partial charge is 0.407 e. The normalized spacial score (nSPS) is 13.3. The van der Waals surface area contributed by atoms with Gasteiger partial charge in [0.1, 0.15) is 5.60 Å². The Morgan fingerprint density at radius 2 is 2.05 bits per heavy atom. The number of carbonyl (C=O) groups excluding carboxylic acids is 1. The average Bonchev–Trinajstić information content (AvgIpc) is 2.74. The second-order valence-electron chi connectivity index (χ2n) is 6.56. The summed E-state index contributed by atoms with van der Waals surface area (Å²) < 4.78 is 7.34. The summed E-state index contributed by atoms with van der Waals surface area (Å²) >= 11 is 0. The summed E-state index contributed by atoms with van der Waals surface area (Å²) in [5.74, 6) is 0. The molecule has 0 aromatic carbocycles. The maximum absolute atomic E-state index is 11.6. The first kappa shape index (κ1) is 17.5. The predicted octanol–water partition coefficient (Wildman–Crippen LogP) is 2.47. The standard InChI is InChI=1S/C15H28N4O2/c1-11(2)19-10-17-9-13(19)8-16-7-12(3)18-14(20)21-15(4,5)6/h9-12,16H,7-8H2,1-6H3,(H,18,20). The first-order valence-electron chi connectivity index (χ1n) is 7.40. The van der Waals surface area contributed by atoms with Crippen LogP contribution in [-0.2, 0) is 11.3 Å². The molecule has 1 heterocycles. The summed E-state index contributed by atoms with van der Waals surface area (Å²) in [5.41, 5.74) is 0.663. The minimum absolute atomic E-state index is 0.00438. The number of nitrogens with zero attached hydrogens (tertiary/aromatic N) is 2. The lowest BCUT2D eigenvalue weighted by Crippen LogP contribution is -2.42. The van der Waals surface area contributed by atoms with Crippen LogP contribution in [0.4, 0.5) is 4.79 Å². The maximum atomic E-state index is 11.6. The van der Waals surface area contributed by atoms with Crippen molar-refractivity contribution in [2.45, 2.75) is 65.8 Å². The van der Waals surface area contributed by atoms with Crippen molar-refractivity contribution in [1.82, 2.24) is 20.2 Å². The number of ether oxygens (including phenoxy) is 1. The first-order valence-corrected chi connectivity index (χ1v) is 7.40. The van der Waals surface area contributed by atoms with Gasteiger partial charge in [0.15, 0.2) is 0 Å². The molecular formula is C15H28N4O2. The van der Waals surface area contributed by atoms with E-state index in [0.29, 0.717) is 12.6 Å². The highest BCUT2D eigenvalue weighted by Gasteiger charge is 2.17. The van der Waals surface area contributed by atoms with Gasteiger partial charge in [-0.15, -0.1) is 0 Å². The summed E-state index contributed by atoms with van der Waals surface area (Å²) in [6, 6.07) is 0.386. The third-order valence-electron chi connectivity index (χ3n) is 2.82. The molecule has 1 amide bonds. The summed E-state index contributed by atoms with van der Waals surface area (Å²) in [4.78, 5) is 15.8. The van der Waals surface area contributed by atoms with Gasteiger partial charge in [-0.1, -0.05) is 0 Å². The fourth-order valence-electron chi connectivity index (χ4n) is 1.91. The number of aromatic nitrogens is 2. The third-order valence-corrected chi connectivity index (χ3v) is 2.82. The molecule has 6 heteroatoms. The molecule has 0 aliphatic rings. The number of hydrogen-bond donors (Lipinski definition) is 2. The fourth-order valence-corrected chi connectivity index (χ4v) is 1.91. The second kappa shape index (κ2) is 7.45. The van der Waals surface area contributed by atoms with E-state index < -0.39 is 5.60 Å². The van der Waals surface area contributed by atoms with E-state index in [9.17, 15) is 4.79 Å². The highest BCUT2D eigenvalue weighted by molar-refractivity contribution is 5.68. The van der Waals surface area contributed by atoms with Crippen molar-refractivity contribution in [3.63, 3.8) is 0 Å². The van der Waals surface area contributed by atoms with Gasteiger partial charge in [0.25, 0.3) is 0 Å². The second-order valence-corrected chi connectivity index (χ2v) is 6.56. The molecule has 0 radical (unpaired) electrons. The molecule has 1 rings (SSSR count). The van der Waals surface area contributed by atoms with Crippen LogP contribution in [0.25, 0.3) is 0 Å². The zero-order chi connectivity index (χ0) is 16.0. The fraction of sp³-hybridized carbons (Fsp3) is 0.733. The van der Waals surface area contributed by atoms with Crippen molar-refractivity contribution < 1.29 is 9.53 Å². The van der Waals surface area contributed by atoms with Crippen LogP contribution in [0.2, 0.25) is 0 Å². The van der Waals surface area contributed by atoms with Gasteiger partial charge < -0.3 is 19.9 Å². The van der Waals surface area contributed by atoms with E-state index >= 15 is 0 Å². The SMILES string of the molecule is CC(CNCc1cncn1C(C)C)NC(=O)OC(C)(C)C. The van der Waals surface area contributed by atoms with Gasteiger partial charge in [-0.25, -0.2) is 9.78 Å². The number of alkyl carbamates (subject to hydrolysis) is 1. The monoisotopic (exact) mass is 296 g/mol. The van der Waals surface area contributed by atoms with Crippen LogP contribution in [0, 0.1) is 0 Å². The van der Waals surface area contributed by atoms with Crippen molar-refractivity contribution in [2.75, 3.05) is 6.54 Å². The Hall–Kier alpha value is -1.56. The van der Waals surface area contributed by atoms with Crippen molar-refractivity contribution in [3.05, 3.63) is 18.2 Å². The van der Waals surface area contributed by atoms with Gasteiger partial charge in [-0.2, -0.15) is 0 Å². The summed E-state index contributed by atoms with van der Waals surface area (Å²) in [6.45, 7) is 13.1. The van der Waals surface area contributed by atoms with Crippen LogP contribution in [0.1, 0.15) is 53.3 Å². The molecule has 120 valence electrons. The number of imidazole rings is 1. The van der Waals surface area contributed by atoms with E-state index in [1.165, 1.54) is 0 Å². The van der Waals surface area contributed by atoms with Crippen LogP contribution in [-0.4, -0.2) is 33.8 Å². The molecule has 21 heavy (non-hydrogen) atoms. The zero-order valence-corrected chi connectivity index (χ0v) is 13.9. The molecule has 1 atom stereocenters. The summed E-state index contributed by atoms with van der Waals surface area (Å²) in [7, 11) is 0. The van der Waals surface area contributed by atoms with Crippen LogP contribution in [0.3, 0.4) is 0 Å². The van der Waals surface area contributed by atoms with E-state index in [0.717, 1.165) is 12.2 Å². The molecule has 0 aliphatic carbocycles. The molecule has 0 fully saturated rings. The molecule has 0 saturated heterocycles. The molecule has 0 spiro atoms. The van der Waals surface area contributed by atoms with E-state index in [1.54, 1.807) is 0 Å². The van der Waals surface area contributed by atoms with Crippen molar-refractivity contribution in [2.24, 2.45) is 0 Å². The van der Waals surface area contributed by atoms with Gasteiger partial charge in [0.05, 0.1) is 12.0 Å². The summed E-state index contributed by atoms with van der Waals surface area (Å²) in [5, 5.41) is 6.13. The first-order chi connectivity index (χ1) is 9.69. The third kappa shape index (κ3) is 6.62.